The highest BCUT2D eigenvalue weighted by molar-refractivity contribution is 7.91. The van der Waals surface area contributed by atoms with E-state index in [-0.39, 0.29) is 15.9 Å². The van der Waals surface area contributed by atoms with Crippen molar-refractivity contribution in [1.82, 2.24) is 8.68 Å². The van der Waals surface area contributed by atoms with Crippen molar-refractivity contribution >= 4 is 21.6 Å². The van der Waals surface area contributed by atoms with E-state index in [2.05, 4.69) is 4.37 Å². The topological polar surface area (TPSA) is 70.5 Å². The maximum absolute atomic E-state index is 11.7. The first-order valence-corrected chi connectivity index (χ1v) is 6.61. The first kappa shape index (κ1) is 12.4. The average Bonchev–Trinajstić information content (AvgIpc) is 2.46. The SMILES string of the molecule is CC(C)c1nsc(S(=O)(=O)N(C)C)c1O. The molecule has 1 rings (SSSR count). The summed E-state index contributed by atoms with van der Waals surface area (Å²) in [4.78, 5) is 0. The van der Waals surface area contributed by atoms with Gasteiger partial charge in [-0.05, 0) is 11.5 Å². The smallest absolute Gasteiger partial charge is 0.257 e. The molecule has 0 aliphatic rings. The molecule has 0 saturated carbocycles. The molecule has 0 saturated heterocycles. The van der Waals surface area contributed by atoms with Crippen LogP contribution >= 0.6 is 11.5 Å². The highest BCUT2D eigenvalue weighted by Gasteiger charge is 2.27. The molecule has 0 unspecified atom stereocenters. The Morgan fingerprint density at radius 2 is 1.93 bits per heavy atom. The second-order valence-corrected chi connectivity index (χ2v) is 6.77. The third-order valence-corrected chi connectivity index (χ3v) is 5.05. The maximum Gasteiger partial charge on any atom is 0.257 e. The summed E-state index contributed by atoms with van der Waals surface area (Å²) in [7, 11) is -0.741. The first-order valence-electron chi connectivity index (χ1n) is 4.39. The van der Waals surface area contributed by atoms with Gasteiger partial charge in [0.25, 0.3) is 10.0 Å². The molecule has 7 heteroatoms. The number of aromatic nitrogens is 1. The molecule has 1 aromatic heterocycles. The number of aromatic hydroxyl groups is 1. The Labute approximate surface area is 93.6 Å². The Kier molecular flexibility index (Phi) is 3.37. The predicted octanol–water partition coefficient (Wildman–Crippen LogP) is 1.22. The minimum atomic E-state index is -3.58. The molecule has 5 nitrogen and oxygen atoms in total. The number of hydrogen-bond donors (Lipinski definition) is 1. The number of nitrogens with zero attached hydrogens (tertiary/aromatic N) is 2. The molecule has 0 spiro atoms. The summed E-state index contributed by atoms with van der Waals surface area (Å²) < 4.78 is 28.4. The monoisotopic (exact) mass is 250 g/mol. The third-order valence-electron chi connectivity index (χ3n) is 1.92. The quantitative estimate of drug-likeness (QED) is 0.875. The van der Waals surface area contributed by atoms with Gasteiger partial charge in [-0.3, -0.25) is 0 Å². The molecule has 1 aromatic rings. The van der Waals surface area contributed by atoms with Crippen LogP contribution in [0.25, 0.3) is 0 Å². The van der Waals surface area contributed by atoms with Gasteiger partial charge in [-0.1, -0.05) is 13.8 Å². The Hall–Kier alpha value is -0.660. The van der Waals surface area contributed by atoms with Crippen LogP contribution < -0.4 is 0 Å². The van der Waals surface area contributed by atoms with Gasteiger partial charge in [-0.2, -0.15) is 4.37 Å². The largest absolute Gasteiger partial charge is 0.504 e. The fourth-order valence-corrected chi connectivity index (χ4v) is 3.28. The van der Waals surface area contributed by atoms with Gasteiger partial charge in [-0.25, -0.2) is 12.7 Å². The van der Waals surface area contributed by atoms with Crippen LogP contribution in [0.3, 0.4) is 0 Å². The predicted molar refractivity (Wildman–Crippen MR) is 58.7 cm³/mol. The summed E-state index contributed by atoms with van der Waals surface area (Å²) in [6.45, 7) is 3.70. The fraction of sp³-hybridized carbons (Fsp3) is 0.625. The van der Waals surface area contributed by atoms with Crippen molar-refractivity contribution in [3.05, 3.63) is 5.69 Å². The standard InChI is InChI=1S/C8H14N2O3S2/c1-5(2)6-7(11)8(14-9-6)15(12,13)10(3)4/h5,11H,1-4H3. The van der Waals surface area contributed by atoms with E-state index in [1.54, 1.807) is 0 Å². The van der Waals surface area contributed by atoms with Crippen molar-refractivity contribution in [3.63, 3.8) is 0 Å². The summed E-state index contributed by atoms with van der Waals surface area (Å²) >= 11 is 0.810. The molecule has 0 amide bonds. The summed E-state index contributed by atoms with van der Waals surface area (Å²) in [6.07, 6.45) is 0. The molecule has 0 aromatic carbocycles. The van der Waals surface area contributed by atoms with Crippen LogP contribution in [0.2, 0.25) is 0 Å². The van der Waals surface area contributed by atoms with Crippen molar-refractivity contribution in [3.8, 4) is 5.75 Å². The van der Waals surface area contributed by atoms with Crippen LogP contribution in [0.5, 0.6) is 5.75 Å². The van der Waals surface area contributed by atoms with E-state index in [4.69, 9.17) is 0 Å². The molecule has 0 radical (unpaired) electrons. The van der Waals surface area contributed by atoms with Gasteiger partial charge in [-0.15, -0.1) is 0 Å². The van der Waals surface area contributed by atoms with Crippen molar-refractivity contribution in [1.29, 1.82) is 0 Å². The Balaban J connectivity index is 3.30. The van der Waals surface area contributed by atoms with Gasteiger partial charge in [0, 0.05) is 20.0 Å². The summed E-state index contributed by atoms with van der Waals surface area (Å²) in [5, 5.41) is 9.73. The second kappa shape index (κ2) is 4.07. The zero-order valence-electron chi connectivity index (χ0n) is 9.05. The highest BCUT2D eigenvalue weighted by atomic mass is 32.2. The normalized spacial score (nSPS) is 12.7. The lowest BCUT2D eigenvalue weighted by Crippen LogP contribution is -2.21. The molecule has 1 heterocycles. The van der Waals surface area contributed by atoms with Crippen LogP contribution in [0.1, 0.15) is 25.5 Å². The molecule has 0 atom stereocenters. The van der Waals surface area contributed by atoms with Crippen LogP contribution in [-0.2, 0) is 10.0 Å². The van der Waals surface area contributed by atoms with Gasteiger partial charge in [0.15, 0.2) is 9.96 Å². The van der Waals surface area contributed by atoms with Gasteiger partial charge in [0.1, 0.15) is 0 Å². The van der Waals surface area contributed by atoms with Crippen LogP contribution in [0.15, 0.2) is 4.21 Å². The van der Waals surface area contributed by atoms with E-state index >= 15 is 0 Å². The molecule has 0 aliphatic carbocycles. The Morgan fingerprint density at radius 1 is 1.40 bits per heavy atom. The van der Waals surface area contributed by atoms with E-state index in [0.717, 1.165) is 15.8 Å². The molecule has 0 aliphatic heterocycles. The number of hydrogen-bond acceptors (Lipinski definition) is 5. The lowest BCUT2D eigenvalue weighted by Gasteiger charge is -2.09. The molecule has 0 fully saturated rings. The van der Waals surface area contributed by atoms with Crippen molar-refractivity contribution in [2.75, 3.05) is 14.1 Å². The van der Waals surface area contributed by atoms with Gasteiger partial charge >= 0.3 is 0 Å². The van der Waals surface area contributed by atoms with Gasteiger partial charge in [0.05, 0.1) is 5.69 Å². The lowest BCUT2D eigenvalue weighted by molar-refractivity contribution is 0.447. The summed E-state index contributed by atoms with van der Waals surface area (Å²) in [5.41, 5.74) is 0.431. The summed E-state index contributed by atoms with van der Waals surface area (Å²) in [5.74, 6) is -0.212. The molecular formula is C8H14N2O3S2. The van der Waals surface area contributed by atoms with Gasteiger partial charge < -0.3 is 5.11 Å². The minimum Gasteiger partial charge on any atom is -0.504 e. The fourth-order valence-electron chi connectivity index (χ4n) is 0.996. The number of sulfonamides is 1. The molecule has 0 bridgehead atoms. The van der Waals surface area contributed by atoms with Crippen molar-refractivity contribution < 1.29 is 13.5 Å². The molecule has 1 N–H and O–H groups in total. The molecule has 15 heavy (non-hydrogen) atoms. The Morgan fingerprint density at radius 3 is 2.27 bits per heavy atom. The van der Waals surface area contributed by atoms with E-state index in [0.29, 0.717) is 5.69 Å². The average molecular weight is 250 g/mol. The molecular weight excluding hydrogens is 236 g/mol. The molecule has 86 valence electrons. The van der Waals surface area contributed by atoms with Crippen LogP contribution in [-0.4, -0.2) is 36.3 Å². The van der Waals surface area contributed by atoms with E-state index < -0.39 is 10.0 Å². The first-order chi connectivity index (χ1) is 6.78. The van der Waals surface area contributed by atoms with Crippen LogP contribution in [0.4, 0.5) is 0 Å². The lowest BCUT2D eigenvalue weighted by atomic mass is 10.1. The second-order valence-electron chi connectivity index (χ2n) is 3.65. The minimum absolute atomic E-state index is 0.00682. The summed E-state index contributed by atoms with van der Waals surface area (Å²) in [6, 6.07) is 0. The highest BCUT2D eigenvalue weighted by Crippen LogP contribution is 2.35. The van der Waals surface area contributed by atoms with E-state index in [1.807, 2.05) is 13.8 Å². The van der Waals surface area contributed by atoms with Crippen molar-refractivity contribution in [2.45, 2.75) is 24.0 Å². The van der Waals surface area contributed by atoms with Crippen LogP contribution in [0, 0.1) is 0 Å². The zero-order chi connectivity index (χ0) is 11.8. The Bertz CT molecular complexity index is 448. The zero-order valence-corrected chi connectivity index (χ0v) is 10.7. The van der Waals surface area contributed by atoms with Crippen molar-refractivity contribution in [2.24, 2.45) is 0 Å². The third kappa shape index (κ3) is 2.14. The van der Waals surface area contributed by atoms with E-state index in [1.165, 1.54) is 14.1 Å². The van der Waals surface area contributed by atoms with Gasteiger partial charge in [0.2, 0.25) is 0 Å². The van der Waals surface area contributed by atoms with E-state index in [9.17, 15) is 13.5 Å². The maximum atomic E-state index is 11.7. The number of rotatable bonds is 3.